The third kappa shape index (κ3) is 2.27. The second-order valence-electron chi connectivity index (χ2n) is 3.32. The number of hydrogen-bond acceptors (Lipinski definition) is 0. The molecule has 0 N–H and O–H groups in total. The Bertz CT molecular complexity index is 47.1. The average Bonchev–Trinajstić information content (AvgIpc) is 1.87. The van der Waals surface area contributed by atoms with Crippen LogP contribution in [0.5, 0.6) is 0 Å². The van der Waals surface area contributed by atoms with Gasteiger partial charge >= 0.3 is 56.2 Å². The molecular weight excluding hydrogens is 154 g/mol. The van der Waals surface area contributed by atoms with Crippen molar-refractivity contribution in [3.05, 3.63) is 0 Å². The molecule has 0 aliphatic rings. The van der Waals surface area contributed by atoms with Gasteiger partial charge in [0.15, 0.2) is 0 Å². The monoisotopic (exact) mass is 171 g/mol. The van der Waals surface area contributed by atoms with Crippen LogP contribution in [0.25, 0.3) is 0 Å². The molecule has 0 fully saturated rings. The summed E-state index contributed by atoms with van der Waals surface area (Å²) in [5.41, 5.74) is 2.56. The van der Waals surface area contributed by atoms with Crippen LogP contribution in [0.4, 0.5) is 0 Å². The summed E-state index contributed by atoms with van der Waals surface area (Å²) in [4.78, 5) is 4.57. The van der Waals surface area contributed by atoms with E-state index in [4.69, 9.17) is 0 Å². The molecule has 0 aliphatic heterocycles. The van der Waals surface area contributed by atoms with E-state index in [0.717, 1.165) is 0 Å². The van der Waals surface area contributed by atoms with Crippen LogP contribution < -0.4 is 0 Å². The summed E-state index contributed by atoms with van der Waals surface area (Å²) >= 11 is -1.27. The van der Waals surface area contributed by atoms with Crippen molar-refractivity contribution in [2.24, 2.45) is 0 Å². The van der Waals surface area contributed by atoms with Gasteiger partial charge in [0.2, 0.25) is 0 Å². The van der Waals surface area contributed by atoms with Gasteiger partial charge in [0.1, 0.15) is 0 Å². The molecule has 0 unspecified atom stereocenters. The second kappa shape index (κ2) is 3.62. The predicted molar refractivity (Wildman–Crippen MR) is 43.1 cm³/mol. The van der Waals surface area contributed by atoms with Gasteiger partial charge in [-0.05, 0) is 0 Å². The molecule has 0 heterocycles. The van der Waals surface area contributed by atoms with E-state index >= 15 is 0 Å². The number of hydrogen-bond donors (Lipinski definition) is 0. The van der Waals surface area contributed by atoms with Crippen molar-refractivity contribution in [3.8, 4) is 0 Å². The standard InChI is InChI=1S/3C2H5.CH3.Ga/c3*1-2;;/h3*1H2,2H3;1H3;/q;;;;-1. The summed E-state index contributed by atoms with van der Waals surface area (Å²) in [6.07, 6.45) is 0. The van der Waals surface area contributed by atoms with Crippen LogP contribution in [0.1, 0.15) is 20.8 Å². The summed E-state index contributed by atoms with van der Waals surface area (Å²) < 4.78 is 0. The Kier molecular flexibility index (Phi) is 3.91. The minimum absolute atomic E-state index is 1.27. The molecule has 0 aromatic heterocycles. The molecule has 0 rings (SSSR count). The van der Waals surface area contributed by atoms with Crippen LogP contribution in [-0.4, -0.2) is 15.0 Å². The van der Waals surface area contributed by atoms with E-state index in [9.17, 15) is 0 Å². The second-order valence-corrected chi connectivity index (χ2v) is 17.2. The van der Waals surface area contributed by atoms with Crippen molar-refractivity contribution in [2.75, 3.05) is 0 Å². The van der Waals surface area contributed by atoms with Crippen molar-refractivity contribution >= 4 is 15.0 Å². The molecular formula is C7H18Ga-. The zero-order valence-electron chi connectivity index (χ0n) is 6.70. The Labute approximate surface area is 56.6 Å². The van der Waals surface area contributed by atoms with Gasteiger partial charge in [-0.3, -0.25) is 0 Å². The Morgan fingerprint density at radius 1 is 0.875 bits per heavy atom. The van der Waals surface area contributed by atoms with Crippen LogP contribution in [0, 0.1) is 0 Å². The zero-order chi connectivity index (χ0) is 6.62. The third-order valence-corrected chi connectivity index (χ3v) is 15.4. The van der Waals surface area contributed by atoms with Crippen molar-refractivity contribution in [1.29, 1.82) is 0 Å². The molecule has 0 atom stereocenters. The van der Waals surface area contributed by atoms with Gasteiger partial charge < -0.3 is 0 Å². The molecule has 0 aromatic carbocycles. The SMILES string of the molecule is C[CH2][Ga-]([CH3])([CH2]C)[CH2]C. The Morgan fingerprint density at radius 3 is 1.12 bits per heavy atom. The van der Waals surface area contributed by atoms with Gasteiger partial charge in [0.25, 0.3) is 0 Å². The Hall–Kier alpha value is 0.636. The summed E-state index contributed by atoms with van der Waals surface area (Å²) in [6, 6.07) is 0. The normalized spacial score (nSPS) is 12.0. The van der Waals surface area contributed by atoms with Gasteiger partial charge in [-0.15, -0.1) is 0 Å². The first-order valence-electron chi connectivity index (χ1n) is 3.92. The summed E-state index contributed by atoms with van der Waals surface area (Å²) in [7, 11) is 0. The van der Waals surface area contributed by atoms with Crippen LogP contribution >= 0.6 is 0 Å². The third-order valence-electron chi connectivity index (χ3n) is 2.96. The maximum absolute atomic E-state index is 2.56. The Morgan fingerprint density at radius 2 is 1.12 bits per heavy atom. The molecule has 0 aromatic rings. The molecule has 50 valence electrons. The predicted octanol–water partition coefficient (Wildman–Crippen LogP) is 3.12. The first-order valence-corrected chi connectivity index (χ1v) is 11.5. The average molecular weight is 172 g/mol. The van der Waals surface area contributed by atoms with E-state index in [-0.39, 0.29) is 0 Å². The quantitative estimate of drug-likeness (QED) is 0.573. The summed E-state index contributed by atoms with van der Waals surface area (Å²) in [6.45, 7) is 7.08. The molecule has 0 radical (unpaired) electrons. The molecule has 0 saturated carbocycles. The fraction of sp³-hybridized carbons (Fsp3) is 1.00. The van der Waals surface area contributed by atoms with Crippen molar-refractivity contribution < 1.29 is 0 Å². The van der Waals surface area contributed by atoms with E-state index in [1.807, 2.05) is 0 Å². The molecule has 1 heteroatoms. The summed E-state index contributed by atoms with van der Waals surface area (Å²) in [5.74, 6) is 0. The van der Waals surface area contributed by atoms with E-state index in [0.29, 0.717) is 0 Å². The van der Waals surface area contributed by atoms with Crippen LogP contribution in [0.2, 0.25) is 20.4 Å². The molecule has 0 amide bonds. The van der Waals surface area contributed by atoms with Crippen molar-refractivity contribution in [2.45, 2.75) is 41.2 Å². The maximum atomic E-state index is 2.56. The molecule has 0 bridgehead atoms. The van der Waals surface area contributed by atoms with Crippen LogP contribution in [0.3, 0.4) is 0 Å². The molecule has 8 heavy (non-hydrogen) atoms. The molecule has 0 saturated heterocycles. The van der Waals surface area contributed by atoms with Crippen molar-refractivity contribution in [1.82, 2.24) is 0 Å². The molecule has 0 spiro atoms. The van der Waals surface area contributed by atoms with E-state index in [1.165, 1.54) is 14.9 Å². The fourth-order valence-electron chi connectivity index (χ4n) is 0.866. The summed E-state index contributed by atoms with van der Waals surface area (Å²) in [5, 5.41) is 0. The van der Waals surface area contributed by atoms with Gasteiger partial charge in [-0.25, -0.2) is 0 Å². The van der Waals surface area contributed by atoms with Gasteiger partial charge in [0, 0.05) is 0 Å². The van der Waals surface area contributed by atoms with Gasteiger partial charge in [-0.1, -0.05) is 0 Å². The van der Waals surface area contributed by atoms with Crippen LogP contribution in [0.15, 0.2) is 0 Å². The van der Waals surface area contributed by atoms with E-state index < -0.39 is 15.0 Å². The van der Waals surface area contributed by atoms with Crippen LogP contribution in [-0.2, 0) is 0 Å². The molecule has 0 aliphatic carbocycles. The van der Waals surface area contributed by atoms with E-state index in [1.54, 1.807) is 0 Å². The minimum atomic E-state index is -1.27. The van der Waals surface area contributed by atoms with Gasteiger partial charge in [0.05, 0.1) is 0 Å². The Balaban J connectivity index is 3.58. The zero-order valence-corrected chi connectivity index (χ0v) is 9.12. The first kappa shape index (κ1) is 8.64. The number of rotatable bonds is 3. The van der Waals surface area contributed by atoms with Crippen molar-refractivity contribution in [3.63, 3.8) is 0 Å². The topological polar surface area (TPSA) is 0 Å². The van der Waals surface area contributed by atoms with Gasteiger partial charge in [-0.2, -0.15) is 0 Å². The van der Waals surface area contributed by atoms with E-state index in [2.05, 4.69) is 26.2 Å². The fourth-order valence-corrected chi connectivity index (χ4v) is 4.50. The first-order chi connectivity index (χ1) is 3.68. The molecule has 0 nitrogen and oxygen atoms in total.